The van der Waals surface area contributed by atoms with Crippen molar-refractivity contribution in [3.8, 4) is 0 Å². The second-order valence-corrected chi connectivity index (χ2v) is 8.60. The Hall–Kier alpha value is -2.56. The molecule has 1 saturated carbocycles. The zero-order chi connectivity index (χ0) is 21.9. The molecule has 1 aromatic rings. The Labute approximate surface area is 180 Å². The Morgan fingerprint density at radius 3 is 2.63 bits per heavy atom. The van der Waals surface area contributed by atoms with Crippen molar-refractivity contribution < 1.29 is 5.11 Å². The number of hydrogen-bond acceptors (Lipinski definition) is 4. The van der Waals surface area contributed by atoms with Gasteiger partial charge >= 0.3 is 0 Å². The molecule has 0 spiro atoms. The van der Waals surface area contributed by atoms with E-state index in [0.717, 1.165) is 23.4 Å². The van der Waals surface area contributed by atoms with Crippen LogP contribution >= 0.6 is 0 Å². The van der Waals surface area contributed by atoms with E-state index in [1.807, 2.05) is 31.2 Å². The minimum atomic E-state index is -0.420. The molecule has 1 aliphatic carbocycles. The molecule has 0 radical (unpaired) electrons. The first-order chi connectivity index (χ1) is 14.4. The van der Waals surface area contributed by atoms with Crippen LogP contribution in [0.2, 0.25) is 0 Å². The lowest BCUT2D eigenvalue weighted by Gasteiger charge is -2.61. The summed E-state index contributed by atoms with van der Waals surface area (Å²) in [5.74, 6) is 0.206. The fourth-order valence-electron chi connectivity index (χ4n) is 5.21. The van der Waals surface area contributed by atoms with E-state index in [1.54, 1.807) is 6.08 Å². The summed E-state index contributed by atoms with van der Waals surface area (Å²) in [6.07, 6.45) is 8.37. The summed E-state index contributed by atoms with van der Waals surface area (Å²) in [5, 5.41) is 12.4. The van der Waals surface area contributed by atoms with Crippen LogP contribution in [0.3, 0.4) is 0 Å². The van der Waals surface area contributed by atoms with Crippen LogP contribution in [0.1, 0.15) is 37.3 Å². The monoisotopic (exact) mass is 403 g/mol. The van der Waals surface area contributed by atoms with Gasteiger partial charge in [-0.3, -0.25) is 15.3 Å². The molecule has 0 aromatic heterocycles. The van der Waals surface area contributed by atoms with E-state index in [4.69, 9.17) is 9.98 Å². The summed E-state index contributed by atoms with van der Waals surface area (Å²) >= 11 is 0. The molecular formula is C26H33N3O. The molecule has 4 unspecified atom stereocenters. The molecule has 30 heavy (non-hydrogen) atoms. The summed E-state index contributed by atoms with van der Waals surface area (Å²) < 4.78 is 0. The van der Waals surface area contributed by atoms with Gasteiger partial charge in [-0.15, -0.1) is 13.2 Å². The van der Waals surface area contributed by atoms with Crippen LogP contribution in [0.4, 0.5) is 0 Å². The molecule has 3 rings (SSSR count). The first-order valence-electron chi connectivity index (χ1n) is 10.5. The highest BCUT2D eigenvalue weighted by molar-refractivity contribution is 6.10. The second kappa shape index (κ2) is 8.66. The number of aliphatic hydroxyl groups excluding tert-OH is 1. The van der Waals surface area contributed by atoms with Crippen molar-refractivity contribution in [2.75, 3.05) is 13.3 Å². The number of aliphatic imine (C=N–C) groups is 2. The van der Waals surface area contributed by atoms with Gasteiger partial charge in [0, 0.05) is 29.7 Å². The third-order valence-corrected chi connectivity index (χ3v) is 6.63. The molecule has 5 atom stereocenters. The van der Waals surface area contributed by atoms with Crippen molar-refractivity contribution in [1.82, 2.24) is 5.32 Å². The maximum Gasteiger partial charge on any atom is 0.0931 e. The average molecular weight is 404 g/mol. The van der Waals surface area contributed by atoms with E-state index in [-0.39, 0.29) is 30.0 Å². The van der Waals surface area contributed by atoms with E-state index >= 15 is 0 Å². The quantitative estimate of drug-likeness (QED) is 0.344. The normalized spacial score (nSPS) is 29.4. The van der Waals surface area contributed by atoms with E-state index in [9.17, 15) is 5.11 Å². The van der Waals surface area contributed by atoms with Crippen molar-refractivity contribution in [3.05, 3.63) is 86.0 Å². The standard InChI is InChI=1S/C26H33N3O/c1-7-18(5)29-26(15-25(6,10-4)16-27-17-30)21(8-2)24-23(26)20-14-12-11-13-19(20)22(9-3)28-24/h7-14,21,23-24,27,30H,1-4,15-17H2,5-6H3/b29-18+/t21?,23?,24?,25-,26?/m1/s1. The van der Waals surface area contributed by atoms with Crippen LogP contribution in [0.25, 0.3) is 0 Å². The number of rotatable bonds is 10. The zero-order valence-electron chi connectivity index (χ0n) is 18.1. The number of nitrogens with one attached hydrogen (secondary N) is 1. The number of aliphatic hydroxyl groups is 1. The highest BCUT2D eigenvalue weighted by Crippen LogP contribution is 2.61. The molecule has 0 saturated heterocycles. The van der Waals surface area contributed by atoms with Crippen LogP contribution in [-0.2, 0) is 0 Å². The Morgan fingerprint density at radius 2 is 2.03 bits per heavy atom. The van der Waals surface area contributed by atoms with E-state index in [0.29, 0.717) is 6.54 Å². The van der Waals surface area contributed by atoms with E-state index in [1.165, 1.54) is 5.56 Å². The van der Waals surface area contributed by atoms with E-state index < -0.39 is 5.54 Å². The summed E-state index contributed by atoms with van der Waals surface area (Å²) in [7, 11) is 0. The summed E-state index contributed by atoms with van der Waals surface area (Å²) in [5.41, 5.74) is 3.53. The first-order valence-corrected chi connectivity index (χ1v) is 10.5. The average Bonchev–Trinajstić information content (AvgIpc) is 2.76. The molecule has 0 bridgehead atoms. The summed E-state index contributed by atoms with van der Waals surface area (Å²) in [6, 6.07) is 8.50. The largest absolute Gasteiger partial charge is 0.381 e. The molecule has 4 nitrogen and oxygen atoms in total. The molecule has 0 amide bonds. The van der Waals surface area contributed by atoms with Gasteiger partial charge in [-0.25, -0.2) is 0 Å². The molecule has 158 valence electrons. The van der Waals surface area contributed by atoms with Crippen molar-refractivity contribution in [3.63, 3.8) is 0 Å². The lowest BCUT2D eigenvalue weighted by Crippen LogP contribution is -2.65. The van der Waals surface area contributed by atoms with Gasteiger partial charge in [0.15, 0.2) is 0 Å². The molecule has 1 aliphatic heterocycles. The lowest BCUT2D eigenvalue weighted by atomic mass is 9.48. The van der Waals surface area contributed by atoms with Crippen molar-refractivity contribution in [2.45, 2.75) is 37.8 Å². The summed E-state index contributed by atoms with van der Waals surface area (Å²) in [4.78, 5) is 10.3. The molecule has 2 aliphatic rings. The molecule has 4 heteroatoms. The van der Waals surface area contributed by atoms with Gasteiger partial charge in [0.25, 0.3) is 0 Å². The fraction of sp³-hybridized carbons (Fsp3) is 0.385. The van der Waals surface area contributed by atoms with Crippen molar-refractivity contribution in [1.29, 1.82) is 0 Å². The van der Waals surface area contributed by atoms with Crippen LogP contribution in [0, 0.1) is 11.3 Å². The predicted octanol–water partition coefficient (Wildman–Crippen LogP) is 4.45. The maximum atomic E-state index is 9.32. The highest BCUT2D eigenvalue weighted by Gasteiger charge is 2.64. The SMILES string of the molecule is C=CC1=NC2C(C=C)C(C[C@@](C)(C=C)CNCO)(/N=C(\C)C=C)C2c2ccccc21. The first kappa shape index (κ1) is 22.1. The van der Waals surface area contributed by atoms with Gasteiger partial charge in [0.2, 0.25) is 0 Å². The lowest BCUT2D eigenvalue weighted by molar-refractivity contribution is 0.0522. The molecule has 1 fully saturated rings. The second-order valence-electron chi connectivity index (χ2n) is 8.60. The van der Waals surface area contributed by atoms with Gasteiger partial charge in [-0.05, 0) is 36.5 Å². The number of hydrogen-bond donors (Lipinski definition) is 2. The minimum absolute atomic E-state index is 0.0713. The Balaban J connectivity index is 2.19. The number of nitrogens with zero attached hydrogens (tertiary/aromatic N) is 2. The topological polar surface area (TPSA) is 57.0 Å². The maximum absolute atomic E-state index is 9.32. The number of benzene rings is 1. The fourth-order valence-corrected chi connectivity index (χ4v) is 5.21. The predicted molar refractivity (Wildman–Crippen MR) is 127 cm³/mol. The van der Waals surface area contributed by atoms with Crippen LogP contribution < -0.4 is 5.32 Å². The Bertz CT molecular complexity index is 915. The van der Waals surface area contributed by atoms with E-state index in [2.05, 4.69) is 56.8 Å². The van der Waals surface area contributed by atoms with Crippen LogP contribution in [0.15, 0.2) is 84.9 Å². The number of fused-ring (bicyclic) bond motifs is 3. The number of allylic oxidation sites excluding steroid dienone is 2. The summed E-state index contributed by atoms with van der Waals surface area (Å²) in [6.45, 7) is 20.9. The van der Waals surface area contributed by atoms with Crippen molar-refractivity contribution in [2.24, 2.45) is 21.3 Å². The van der Waals surface area contributed by atoms with Gasteiger partial charge in [-0.2, -0.15) is 0 Å². The third kappa shape index (κ3) is 3.55. The van der Waals surface area contributed by atoms with Gasteiger partial charge in [-0.1, -0.05) is 56.5 Å². The Kier molecular flexibility index (Phi) is 6.39. The molecular weight excluding hydrogens is 370 g/mol. The third-order valence-electron chi connectivity index (χ3n) is 6.63. The zero-order valence-corrected chi connectivity index (χ0v) is 18.1. The molecule has 1 aromatic carbocycles. The smallest absolute Gasteiger partial charge is 0.0931 e. The minimum Gasteiger partial charge on any atom is -0.381 e. The Morgan fingerprint density at radius 1 is 1.30 bits per heavy atom. The van der Waals surface area contributed by atoms with Gasteiger partial charge in [0.1, 0.15) is 0 Å². The highest BCUT2D eigenvalue weighted by atomic mass is 16.3. The molecule has 1 heterocycles. The molecule has 2 N–H and O–H groups in total. The van der Waals surface area contributed by atoms with Crippen LogP contribution in [-0.4, -0.2) is 41.4 Å². The van der Waals surface area contributed by atoms with Crippen LogP contribution in [0.5, 0.6) is 0 Å². The van der Waals surface area contributed by atoms with Gasteiger partial charge in [0.05, 0.1) is 24.0 Å². The van der Waals surface area contributed by atoms with Crippen molar-refractivity contribution >= 4 is 11.4 Å². The van der Waals surface area contributed by atoms with Gasteiger partial charge < -0.3 is 5.11 Å².